The Bertz CT molecular complexity index is 1310. The van der Waals surface area contributed by atoms with E-state index < -0.39 is 43.4 Å². The number of halogens is 1. The van der Waals surface area contributed by atoms with Gasteiger partial charge in [-0.15, -0.1) is 0 Å². The van der Waals surface area contributed by atoms with Crippen molar-refractivity contribution in [2.24, 2.45) is 5.41 Å². The lowest BCUT2D eigenvalue weighted by Crippen LogP contribution is -2.44. The molecule has 2 saturated heterocycles. The highest BCUT2D eigenvalue weighted by molar-refractivity contribution is 8.13. The fourth-order valence-corrected chi connectivity index (χ4v) is 6.56. The molecule has 3 N–H and O–H groups in total. The van der Waals surface area contributed by atoms with Gasteiger partial charge in [0.15, 0.2) is 28.2 Å². The second kappa shape index (κ2) is 11.7. The van der Waals surface area contributed by atoms with Crippen molar-refractivity contribution in [3.05, 3.63) is 6.33 Å². The lowest BCUT2D eigenvalue weighted by molar-refractivity contribution is -0.117. The summed E-state index contributed by atoms with van der Waals surface area (Å²) in [4.78, 5) is 36.4. The number of carbonyl (C=O) groups is 2. The van der Waals surface area contributed by atoms with Gasteiger partial charge in [0.1, 0.15) is 12.2 Å². The molecule has 222 valence electrons. The number of methoxy groups -OCH3 is 1. The van der Waals surface area contributed by atoms with Gasteiger partial charge in [-0.25, -0.2) is 18.7 Å². The Morgan fingerprint density at radius 2 is 2.15 bits per heavy atom. The second-order valence-electron chi connectivity index (χ2n) is 9.79. The van der Waals surface area contributed by atoms with Gasteiger partial charge in [0.2, 0.25) is 11.8 Å². The fraction of sp³-hybridized carbons (Fsp3) is 0.682. The predicted molar refractivity (Wildman–Crippen MR) is 140 cm³/mol. The zero-order valence-corrected chi connectivity index (χ0v) is 24.3. The quantitative estimate of drug-likeness (QED) is 0.297. The number of alkyl halides is 1. The number of imidazole rings is 1. The first kappa shape index (κ1) is 30.4. The van der Waals surface area contributed by atoms with Crippen molar-refractivity contribution in [2.45, 2.75) is 51.8 Å². The summed E-state index contributed by atoms with van der Waals surface area (Å²) in [6.07, 6.45) is -2.79. The summed E-state index contributed by atoms with van der Waals surface area (Å²) in [6, 6.07) is 0. The predicted octanol–water partition coefficient (Wildman–Crippen LogP) is 2.61. The SMILES string of the molecule is CCOC(=O)NCC(C)(C)C(=O)SCCO[P@]1(=O)OC[C@H]2O[C@@H](n3cnc4c(OC)nc(N)nc43)[C@](C)(F)[C@@H]2O1. The molecule has 18 heteroatoms. The number of hydrogen-bond acceptors (Lipinski definition) is 14. The molecule has 15 nitrogen and oxygen atoms in total. The van der Waals surface area contributed by atoms with E-state index in [-0.39, 0.29) is 60.2 Å². The van der Waals surface area contributed by atoms with E-state index in [4.69, 9.17) is 33.5 Å². The molecule has 1 amide bonds. The first-order valence-corrected chi connectivity index (χ1v) is 14.8. The van der Waals surface area contributed by atoms with Crippen LogP contribution in [0.5, 0.6) is 5.88 Å². The maximum atomic E-state index is 16.2. The third-order valence-electron chi connectivity index (χ3n) is 6.24. The van der Waals surface area contributed by atoms with E-state index in [9.17, 15) is 14.2 Å². The van der Waals surface area contributed by atoms with Crippen LogP contribution in [0.25, 0.3) is 11.2 Å². The van der Waals surface area contributed by atoms with Crippen LogP contribution in [-0.2, 0) is 32.4 Å². The van der Waals surface area contributed by atoms with Crippen molar-refractivity contribution in [3.8, 4) is 5.88 Å². The highest BCUT2D eigenvalue weighted by Gasteiger charge is 2.61. The molecule has 0 bridgehead atoms. The first-order chi connectivity index (χ1) is 18.8. The van der Waals surface area contributed by atoms with E-state index >= 15 is 4.39 Å². The molecule has 2 aliphatic rings. The van der Waals surface area contributed by atoms with E-state index in [1.54, 1.807) is 20.8 Å². The average Bonchev–Trinajstić information content (AvgIpc) is 3.42. The van der Waals surface area contributed by atoms with Crippen LogP contribution in [0, 0.1) is 5.41 Å². The third kappa shape index (κ3) is 6.19. The highest BCUT2D eigenvalue weighted by Crippen LogP contribution is 2.59. The largest absolute Gasteiger partial charge is 0.479 e. The summed E-state index contributed by atoms with van der Waals surface area (Å²) < 4.78 is 62.8. The molecule has 2 fully saturated rings. The second-order valence-corrected chi connectivity index (χ2v) is 12.5. The zero-order chi connectivity index (χ0) is 29.3. The number of phosphoric ester groups is 1. The zero-order valence-electron chi connectivity index (χ0n) is 22.6. The molecule has 40 heavy (non-hydrogen) atoms. The summed E-state index contributed by atoms with van der Waals surface area (Å²) in [5.74, 6) is 0.127. The Balaban J connectivity index is 1.35. The topological polar surface area (TPSA) is 188 Å². The lowest BCUT2D eigenvalue weighted by atomic mass is 9.96. The van der Waals surface area contributed by atoms with Gasteiger partial charge >= 0.3 is 13.9 Å². The highest BCUT2D eigenvalue weighted by atomic mass is 32.2. The molecule has 0 aliphatic carbocycles. The van der Waals surface area contributed by atoms with Gasteiger partial charge in [0.25, 0.3) is 0 Å². The molecule has 0 unspecified atom stereocenters. The molecular formula is C22H32FN6O9PS. The summed E-state index contributed by atoms with van der Waals surface area (Å²) >= 11 is 0.929. The number of nitrogens with one attached hydrogen (secondary N) is 1. The van der Waals surface area contributed by atoms with E-state index in [0.29, 0.717) is 0 Å². The van der Waals surface area contributed by atoms with Crippen LogP contribution in [-0.4, -0.2) is 87.8 Å². The number of alkyl carbamates (subject to hydrolysis) is 1. The Kier molecular flexibility index (Phi) is 8.92. The summed E-state index contributed by atoms with van der Waals surface area (Å²) in [5, 5.41) is 2.30. The van der Waals surface area contributed by atoms with Gasteiger partial charge in [-0.05, 0) is 13.8 Å². The number of ether oxygens (including phenoxy) is 3. The standard InChI is InChI=1S/C22H32FN6O9PS/c1-6-34-20(31)25-10-21(2,3)18(30)40-8-7-35-39(32)36-9-12-14(38-39)22(4,23)17(37-12)29-11-26-13-15(29)27-19(24)28-16(13)33-5/h11-12,14,17H,6-10H2,1-5H3,(H,25,31)(H2,24,27,28)/t12-,14-,17-,22-,39-/m1/s1. The van der Waals surface area contributed by atoms with Gasteiger partial charge in [0, 0.05) is 12.3 Å². The molecule has 2 aromatic rings. The minimum absolute atomic E-state index is 0.0696. The number of fused-ring (bicyclic) bond motifs is 2. The molecule has 0 spiro atoms. The van der Waals surface area contributed by atoms with Crippen LogP contribution in [0.15, 0.2) is 6.33 Å². The van der Waals surface area contributed by atoms with Crippen molar-refractivity contribution >= 4 is 47.9 Å². The number of phosphoric acid groups is 1. The van der Waals surface area contributed by atoms with Crippen molar-refractivity contribution < 1.29 is 46.3 Å². The van der Waals surface area contributed by atoms with E-state index in [0.717, 1.165) is 11.8 Å². The molecule has 0 aromatic carbocycles. The van der Waals surface area contributed by atoms with Crippen molar-refractivity contribution in [1.29, 1.82) is 0 Å². The van der Waals surface area contributed by atoms with Crippen LogP contribution in [0.4, 0.5) is 15.1 Å². The maximum absolute atomic E-state index is 16.2. The van der Waals surface area contributed by atoms with E-state index in [1.807, 2.05) is 0 Å². The number of amides is 1. The van der Waals surface area contributed by atoms with Gasteiger partial charge in [-0.2, -0.15) is 9.97 Å². The first-order valence-electron chi connectivity index (χ1n) is 12.3. The average molecular weight is 607 g/mol. The number of aromatic nitrogens is 4. The number of carbonyl (C=O) groups excluding carboxylic acids is 2. The van der Waals surface area contributed by atoms with Crippen molar-refractivity contribution in [2.75, 3.05) is 45.0 Å². The van der Waals surface area contributed by atoms with Gasteiger partial charge in [0.05, 0.1) is 38.7 Å². The Morgan fingerprint density at radius 3 is 2.85 bits per heavy atom. The third-order valence-corrected chi connectivity index (χ3v) is 8.88. The Hall–Kier alpha value is -2.56. The van der Waals surface area contributed by atoms with Crippen LogP contribution in [0.3, 0.4) is 0 Å². The number of thioether (sulfide) groups is 1. The molecule has 4 heterocycles. The molecule has 2 aromatic heterocycles. The van der Waals surface area contributed by atoms with Gasteiger partial charge < -0.3 is 25.3 Å². The van der Waals surface area contributed by atoms with Crippen LogP contribution < -0.4 is 15.8 Å². The number of nitrogens with zero attached hydrogens (tertiary/aromatic N) is 4. The Morgan fingerprint density at radius 1 is 1.40 bits per heavy atom. The number of anilines is 1. The minimum atomic E-state index is -4.18. The van der Waals surface area contributed by atoms with Gasteiger partial charge in [-0.1, -0.05) is 25.6 Å². The maximum Gasteiger partial charge on any atom is 0.475 e. The minimum Gasteiger partial charge on any atom is -0.479 e. The molecule has 2 aliphatic heterocycles. The Labute approximate surface area is 233 Å². The van der Waals surface area contributed by atoms with Crippen LogP contribution in [0.2, 0.25) is 0 Å². The lowest BCUT2D eigenvalue weighted by Gasteiger charge is -2.33. The molecule has 0 saturated carbocycles. The number of nitrogen functional groups attached to an aromatic ring is 1. The van der Waals surface area contributed by atoms with Gasteiger partial charge in [-0.3, -0.25) is 22.9 Å². The van der Waals surface area contributed by atoms with E-state index in [2.05, 4.69) is 20.3 Å². The summed E-state index contributed by atoms with van der Waals surface area (Å²) in [7, 11) is -2.79. The van der Waals surface area contributed by atoms with Crippen molar-refractivity contribution in [1.82, 2.24) is 24.8 Å². The number of nitrogens with two attached hydrogens (primary N) is 1. The molecular weight excluding hydrogens is 574 g/mol. The normalized spacial score (nSPS) is 28.3. The molecule has 5 atom stereocenters. The fourth-order valence-electron chi connectivity index (χ4n) is 4.16. The number of rotatable bonds is 10. The monoisotopic (exact) mass is 606 g/mol. The molecule has 4 rings (SSSR count). The smallest absolute Gasteiger partial charge is 0.475 e. The van der Waals surface area contributed by atoms with Crippen LogP contribution >= 0.6 is 19.6 Å². The summed E-state index contributed by atoms with van der Waals surface area (Å²) in [6.45, 7) is 6.10. The van der Waals surface area contributed by atoms with Crippen LogP contribution in [0.1, 0.15) is 33.9 Å². The molecule has 0 radical (unpaired) electrons. The van der Waals surface area contributed by atoms with E-state index in [1.165, 1.54) is 24.9 Å². The number of hydrogen-bond donors (Lipinski definition) is 2. The summed E-state index contributed by atoms with van der Waals surface area (Å²) in [5.41, 5.74) is 3.09. The van der Waals surface area contributed by atoms with Crippen molar-refractivity contribution in [3.63, 3.8) is 0 Å².